The molecule has 0 radical (unpaired) electrons. The normalized spacial score (nSPS) is 16.3. The van der Waals surface area contributed by atoms with Crippen molar-refractivity contribution in [1.29, 1.82) is 0 Å². The zero-order valence-electron chi connectivity index (χ0n) is 20.4. The van der Waals surface area contributed by atoms with Crippen LogP contribution in [0.5, 0.6) is 0 Å². The highest BCUT2D eigenvalue weighted by molar-refractivity contribution is 7.87. The maximum atomic E-state index is 13.7. The Bertz CT molecular complexity index is 1090. The number of amides is 1. The van der Waals surface area contributed by atoms with Gasteiger partial charge in [-0.25, -0.2) is 3.97 Å². The monoisotopic (exact) mass is 459 g/mol. The lowest BCUT2D eigenvalue weighted by Crippen LogP contribution is -2.40. The van der Waals surface area contributed by atoms with E-state index >= 15 is 0 Å². The third-order valence-electron chi connectivity index (χ3n) is 6.29. The molecule has 1 aromatic carbocycles. The second kappa shape index (κ2) is 8.34. The van der Waals surface area contributed by atoms with Gasteiger partial charge in [-0.2, -0.15) is 12.7 Å². The number of primary amides is 1. The molecule has 1 aliphatic heterocycles. The fourth-order valence-corrected chi connectivity index (χ4v) is 5.99. The molecule has 0 unspecified atom stereocenters. The fourth-order valence-electron chi connectivity index (χ4n) is 4.19. The highest BCUT2D eigenvalue weighted by atomic mass is 32.2. The summed E-state index contributed by atoms with van der Waals surface area (Å²) in [5.74, 6) is -0.626. The van der Waals surface area contributed by atoms with E-state index in [-0.39, 0.29) is 16.4 Å². The van der Waals surface area contributed by atoms with Gasteiger partial charge in [0.15, 0.2) is 0 Å². The van der Waals surface area contributed by atoms with Crippen molar-refractivity contribution in [1.82, 2.24) is 8.28 Å². The van der Waals surface area contributed by atoms with Gasteiger partial charge in [-0.1, -0.05) is 54.0 Å². The van der Waals surface area contributed by atoms with Crippen molar-refractivity contribution in [2.75, 3.05) is 13.1 Å². The number of rotatable bonds is 4. The molecule has 0 saturated carbocycles. The van der Waals surface area contributed by atoms with Gasteiger partial charge in [0.05, 0.1) is 11.3 Å². The molecule has 0 bridgehead atoms. The van der Waals surface area contributed by atoms with Gasteiger partial charge in [-0.05, 0) is 65.5 Å². The van der Waals surface area contributed by atoms with Gasteiger partial charge in [-0.3, -0.25) is 4.79 Å². The van der Waals surface area contributed by atoms with Gasteiger partial charge >= 0.3 is 10.2 Å². The van der Waals surface area contributed by atoms with E-state index in [4.69, 9.17) is 5.73 Å². The molecule has 176 valence electrons. The molecule has 2 aromatic rings. The summed E-state index contributed by atoms with van der Waals surface area (Å²) in [6, 6.07) is 7.90. The van der Waals surface area contributed by atoms with Crippen molar-refractivity contribution in [2.24, 2.45) is 5.73 Å². The third kappa shape index (κ3) is 4.64. The summed E-state index contributed by atoms with van der Waals surface area (Å²) >= 11 is 0. The Morgan fingerprint density at radius 3 is 1.81 bits per heavy atom. The molecule has 7 heteroatoms. The van der Waals surface area contributed by atoms with Crippen LogP contribution in [0.15, 0.2) is 24.3 Å². The maximum absolute atomic E-state index is 13.7. The Morgan fingerprint density at radius 2 is 1.38 bits per heavy atom. The van der Waals surface area contributed by atoms with Crippen LogP contribution in [0.2, 0.25) is 0 Å². The molecule has 3 rings (SSSR count). The van der Waals surface area contributed by atoms with Gasteiger partial charge in [0.1, 0.15) is 0 Å². The molecule has 1 amide bonds. The number of benzene rings is 1. The SMILES string of the molecule is Cc1c(C(N)=O)cc(-c2cc(C(C)(C)C)cc(C(C)(C)C)c2)n1S(=O)(=O)N1CCCCC1. The number of carbonyl (C=O) groups is 1. The molecule has 1 aromatic heterocycles. The van der Waals surface area contributed by atoms with E-state index in [1.54, 1.807) is 13.0 Å². The number of carbonyl (C=O) groups excluding carboxylic acids is 1. The van der Waals surface area contributed by atoms with Gasteiger partial charge < -0.3 is 5.73 Å². The molecule has 0 aliphatic carbocycles. The van der Waals surface area contributed by atoms with Crippen molar-refractivity contribution < 1.29 is 13.2 Å². The van der Waals surface area contributed by atoms with Crippen LogP contribution in [0, 0.1) is 6.92 Å². The Labute approximate surface area is 193 Å². The maximum Gasteiger partial charge on any atom is 0.308 e. The molecular formula is C25H37N3O3S. The Morgan fingerprint density at radius 1 is 0.875 bits per heavy atom. The first-order chi connectivity index (χ1) is 14.6. The first-order valence-corrected chi connectivity index (χ1v) is 12.7. The van der Waals surface area contributed by atoms with E-state index in [0.29, 0.717) is 24.5 Å². The number of aromatic nitrogens is 1. The summed E-state index contributed by atoms with van der Waals surface area (Å²) in [5.41, 5.74) is 9.46. The van der Waals surface area contributed by atoms with E-state index in [2.05, 4.69) is 47.6 Å². The summed E-state index contributed by atoms with van der Waals surface area (Å²) in [5, 5.41) is 0. The lowest BCUT2D eigenvalue weighted by molar-refractivity contribution is 0.1000. The van der Waals surface area contributed by atoms with Crippen LogP contribution in [0.3, 0.4) is 0 Å². The first kappa shape index (κ1) is 24.5. The lowest BCUT2D eigenvalue weighted by atomic mass is 9.79. The predicted octanol–water partition coefficient (Wildman–Crippen LogP) is 4.74. The van der Waals surface area contributed by atoms with Crippen molar-refractivity contribution in [2.45, 2.75) is 78.6 Å². The third-order valence-corrected chi connectivity index (χ3v) is 8.24. The quantitative estimate of drug-likeness (QED) is 0.717. The van der Waals surface area contributed by atoms with Crippen LogP contribution in [-0.4, -0.2) is 35.7 Å². The molecule has 0 atom stereocenters. The number of piperidine rings is 1. The predicted molar refractivity (Wildman–Crippen MR) is 130 cm³/mol. The number of hydrogen-bond acceptors (Lipinski definition) is 3. The number of nitrogens with two attached hydrogens (primary N) is 1. The van der Waals surface area contributed by atoms with Crippen molar-refractivity contribution in [3.05, 3.63) is 46.6 Å². The van der Waals surface area contributed by atoms with Crippen LogP contribution in [0.1, 0.15) is 88.0 Å². The van der Waals surface area contributed by atoms with Gasteiger partial charge in [0.25, 0.3) is 5.91 Å². The van der Waals surface area contributed by atoms with E-state index in [9.17, 15) is 13.2 Å². The summed E-state index contributed by atoms with van der Waals surface area (Å²) in [6.45, 7) is 15.5. The first-order valence-electron chi connectivity index (χ1n) is 11.3. The largest absolute Gasteiger partial charge is 0.366 e. The standard InChI is InChI=1S/C25H37N3O3S/c1-17-21(23(26)29)16-22(28(17)32(30,31)27-11-9-8-10-12-27)18-13-19(24(2,3)4)15-20(14-18)25(5,6)7/h13-16H,8-12H2,1-7H3,(H2,26,29). The van der Waals surface area contributed by atoms with Gasteiger partial charge in [0.2, 0.25) is 0 Å². The van der Waals surface area contributed by atoms with E-state index in [1.165, 1.54) is 8.28 Å². The molecule has 1 aliphatic rings. The average molecular weight is 460 g/mol. The minimum Gasteiger partial charge on any atom is -0.366 e. The molecule has 1 fully saturated rings. The summed E-state index contributed by atoms with van der Waals surface area (Å²) in [4.78, 5) is 12.2. The molecule has 0 spiro atoms. The van der Waals surface area contributed by atoms with Crippen molar-refractivity contribution >= 4 is 16.1 Å². The second-order valence-electron chi connectivity index (χ2n) is 10.9. The zero-order valence-corrected chi connectivity index (χ0v) is 21.3. The summed E-state index contributed by atoms with van der Waals surface area (Å²) < 4.78 is 30.3. The molecule has 2 N–H and O–H groups in total. The highest BCUT2D eigenvalue weighted by Crippen LogP contribution is 2.36. The van der Waals surface area contributed by atoms with Crippen LogP contribution < -0.4 is 5.73 Å². The van der Waals surface area contributed by atoms with E-state index in [1.807, 2.05) is 12.1 Å². The van der Waals surface area contributed by atoms with Crippen LogP contribution in [0.25, 0.3) is 11.3 Å². The van der Waals surface area contributed by atoms with Crippen molar-refractivity contribution in [3.8, 4) is 11.3 Å². The molecule has 2 heterocycles. The Hall–Kier alpha value is -2.12. The van der Waals surface area contributed by atoms with Crippen LogP contribution in [-0.2, 0) is 21.0 Å². The molecular weight excluding hydrogens is 422 g/mol. The van der Waals surface area contributed by atoms with Crippen LogP contribution >= 0.6 is 0 Å². The van der Waals surface area contributed by atoms with Crippen molar-refractivity contribution in [3.63, 3.8) is 0 Å². The summed E-state index contributed by atoms with van der Waals surface area (Å²) in [6.07, 6.45) is 2.70. The van der Waals surface area contributed by atoms with Gasteiger partial charge in [0, 0.05) is 18.8 Å². The molecule has 32 heavy (non-hydrogen) atoms. The van der Waals surface area contributed by atoms with E-state index < -0.39 is 16.1 Å². The number of nitrogens with zero attached hydrogens (tertiary/aromatic N) is 2. The zero-order chi connectivity index (χ0) is 24.1. The number of hydrogen-bond donors (Lipinski definition) is 1. The average Bonchev–Trinajstić information content (AvgIpc) is 3.05. The smallest absolute Gasteiger partial charge is 0.308 e. The molecule has 6 nitrogen and oxygen atoms in total. The highest BCUT2D eigenvalue weighted by Gasteiger charge is 2.32. The minimum atomic E-state index is -3.84. The lowest BCUT2D eigenvalue weighted by Gasteiger charge is -2.29. The second-order valence-corrected chi connectivity index (χ2v) is 12.7. The fraction of sp³-hybridized carbons (Fsp3) is 0.560. The van der Waals surface area contributed by atoms with Gasteiger partial charge in [-0.15, -0.1) is 0 Å². The Balaban J connectivity index is 2.33. The molecule has 1 saturated heterocycles. The Kier molecular flexibility index (Phi) is 6.39. The topological polar surface area (TPSA) is 85.4 Å². The van der Waals surface area contributed by atoms with Crippen LogP contribution in [0.4, 0.5) is 0 Å². The summed E-state index contributed by atoms with van der Waals surface area (Å²) in [7, 11) is -3.84. The minimum absolute atomic E-state index is 0.124. The van der Waals surface area contributed by atoms with E-state index in [0.717, 1.165) is 36.0 Å².